The summed E-state index contributed by atoms with van der Waals surface area (Å²) in [7, 11) is 1.58. The van der Waals surface area contributed by atoms with Crippen LogP contribution in [0.25, 0.3) is 5.69 Å². The van der Waals surface area contributed by atoms with E-state index in [0.717, 1.165) is 15.9 Å². The van der Waals surface area contributed by atoms with Crippen molar-refractivity contribution in [3.63, 3.8) is 0 Å². The van der Waals surface area contributed by atoms with Crippen LogP contribution in [-0.4, -0.2) is 45.1 Å². The monoisotopic (exact) mass is 441 g/mol. The van der Waals surface area contributed by atoms with Crippen molar-refractivity contribution < 1.29 is 9.59 Å². The lowest BCUT2D eigenvalue weighted by atomic mass is 10.2. The van der Waals surface area contributed by atoms with E-state index in [1.807, 2.05) is 50.2 Å². The summed E-state index contributed by atoms with van der Waals surface area (Å²) in [5, 5.41) is 7.03. The second kappa shape index (κ2) is 8.35. The molecule has 28 heavy (non-hydrogen) atoms. The fourth-order valence-electron chi connectivity index (χ4n) is 2.78. The van der Waals surface area contributed by atoms with E-state index in [9.17, 15) is 9.59 Å². The number of benzene rings is 1. The second-order valence-electron chi connectivity index (χ2n) is 6.41. The highest BCUT2D eigenvalue weighted by Gasteiger charge is 2.20. The molecule has 0 saturated heterocycles. The molecule has 0 aliphatic heterocycles. The SMILES string of the molecule is Cc1cccc(NC(=O)CN(C)C(=O)c2cnn(-c3cccc(Br)c3)c2C)n1. The van der Waals surface area contributed by atoms with Gasteiger partial charge in [0.15, 0.2) is 0 Å². The molecule has 0 bridgehead atoms. The van der Waals surface area contributed by atoms with Crippen LogP contribution < -0.4 is 5.32 Å². The number of likely N-dealkylation sites (N-methyl/N-ethyl adjacent to an activating group) is 1. The van der Waals surface area contributed by atoms with Gasteiger partial charge in [0.05, 0.1) is 29.7 Å². The molecule has 0 spiro atoms. The van der Waals surface area contributed by atoms with E-state index in [0.29, 0.717) is 17.1 Å². The predicted octanol–water partition coefficient (Wildman–Crippen LogP) is 3.36. The fraction of sp³-hybridized carbons (Fsp3) is 0.200. The van der Waals surface area contributed by atoms with Gasteiger partial charge >= 0.3 is 0 Å². The summed E-state index contributed by atoms with van der Waals surface area (Å²) < 4.78 is 2.62. The normalized spacial score (nSPS) is 10.6. The number of halogens is 1. The van der Waals surface area contributed by atoms with Crippen molar-refractivity contribution >= 4 is 33.6 Å². The van der Waals surface area contributed by atoms with Crippen molar-refractivity contribution in [2.75, 3.05) is 18.9 Å². The third kappa shape index (κ3) is 4.45. The summed E-state index contributed by atoms with van der Waals surface area (Å²) in [5.41, 5.74) is 2.80. The predicted molar refractivity (Wildman–Crippen MR) is 111 cm³/mol. The summed E-state index contributed by atoms with van der Waals surface area (Å²) in [6.45, 7) is 3.58. The first kappa shape index (κ1) is 19.8. The molecule has 3 rings (SSSR count). The highest BCUT2D eigenvalue weighted by molar-refractivity contribution is 9.10. The van der Waals surface area contributed by atoms with Crippen LogP contribution in [0, 0.1) is 13.8 Å². The molecule has 0 aliphatic rings. The van der Waals surface area contributed by atoms with Crippen LogP contribution in [0.5, 0.6) is 0 Å². The quantitative estimate of drug-likeness (QED) is 0.657. The minimum absolute atomic E-state index is 0.0873. The van der Waals surface area contributed by atoms with Gasteiger partial charge in [-0.15, -0.1) is 0 Å². The number of rotatable bonds is 5. The summed E-state index contributed by atoms with van der Waals surface area (Å²) in [6, 6.07) is 13.0. The first-order chi connectivity index (χ1) is 13.3. The Hall–Kier alpha value is -3.00. The van der Waals surface area contributed by atoms with Crippen LogP contribution >= 0.6 is 15.9 Å². The lowest BCUT2D eigenvalue weighted by molar-refractivity contribution is -0.116. The topological polar surface area (TPSA) is 80.1 Å². The first-order valence-corrected chi connectivity index (χ1v) is 9.44. The minimum Gasteiger partial charge on any atom is -0.332 e. The molecular weight excluding hydrogens is 422 g/mol. The number of hydrogen-bond acceptors (Lipinski definition) is 4. The Kier molecular flexibility index (Phi) is 5.89. The molecule has 0 fully saturated rings. The Labute approximate surface area is 171 Å². The zero-order valence-corrected chi connectivity index (χ0v) is 17.4. The van der Waals surface area contributed by atoms with Gasteiger partial charge in [0, 0.05) is 17.2 Å². The Balaban J connectivity index is 1.70. The molecule has 2 amide bonds. The van der Waals surface area contributed by atoms with Gasteiger partial charge < -0.3 is 10.2 Å². The van der Waals surface area contributed by atoms with Crippen LogP contribution in [0.15, 0.2) is 53.1 Å². The lowest BCUT2D eigenvalue weighted by Gasteiger charge is -2.16. The molecule has 8 heteroatoms. The van der Waals surface area contributed by atoms with Gasteiger partial charge in [-0.05, 0) is 44.2 Å². The standard InChI is InChI=1S/C20H20BrN5O2/c1-13-6-4-9-18(23-13)24-19(27)12-25(3)20(28)17-11-22-26(14(17)2)16-8-5-7-15(21)10-16/h4-11H,12H2,1-3H3,(H,23,24,27). The van der Waals surface area contributed by atoms with Crippen molar-refractivity contribution in [2.45, 2.75) is 13.8 Å². The Bertz CT molecular complexity index is 1030. The van der Waals surface area contributed by atoms with E-state index in [1.165, 1.54) is 11.1 Å². The Morgan fingerprint density at radius 1 is 1.18 bits per heavy atom. The third-order valence-electron chi connectivity index (χ3n) is 4.18. The van der Waals surface area contributed by atoms with E-state index >= 15 is 0 Å². The van der Waals surface area contributed by atoms with E-state index < -0.39 is 0 Å². The van der Waals surface area contributed by atoms with Crippen LogP contribution in [-0.2, 0) is 4.79 Å². The van der Waals surface area contributed by atoms with Gasteiger partial charge in [-0.1, -0.05) is 28.1 Å². The number of aryl methyl sites for hydroxylation is 1. The van der Waals surface area contributed by atoms with E-state index in [4.69, 9.17) is 0 Å². The van der Waals surface area contributed by atoms with Gasteiger partial charge in [-0.3, -0.25) is 9.59 Å². The smallest absolute Gasteiger partial charge is 0.257 e. The molecule has 144 valence electrons. The molecule has 3 aromatic rings. The van der Waals surface area contributed by atoms with Gasteiger partial charge in [0.25, 0.3) is 5.91 Å². The van der Waals surface area contributed by atoms with Crippen LogP contribution in [0.3, 0.4) is 0 Å². The lowest BCUT2D eigenvalue weighted by Crippen LogP contribution is -2.35. The summed E-state index contributed by atoms with van der Waals surface area (Å²) in [4.78, 5) is 30.6. The van der Waals surface area contributed by atoms with Crippen LogP contribution in [0.4, 0.5) is 5.82 Å². The van der Waals surface area contributed by atoms with Gasteiger partial charge in [-0.25, -0.2) is 9.67 Å². The highest BCUT2D eigenvalue weighted by Crippen LogP contribution is 2.19. The maximum atomic E-state index is 12.8. The number of aromatic nitrogens is 3. The van der Waals surface area contributed by atoms with Crippen molar-refractivity contribution in [3.8, 4) is 5.69 Å². The van der Waals surface area contributed by atoms with Gasteiger partial charge in [0.2, 0.25) is 5.91 Å². The first-order valence-electron chi connectivity index (χ1n) is 8.64. The Morgan fingerprint density at radius 2 is 1.93 bits per heavy atom. The second-order valence-corrected chi connectivity index (χ2v) is 7.32. The number of anilines is 1. The van der Waals surface area contributed by atoms with E-state index in [2.05, 4.69) is 31.3 Å². The molecule has 7 nitrogen and oxygen atoms in total. The Morgan fingerprint density at radius 3 is 2.64 bits per heavy atom. The van der Waals surface area contributed by atoms with Crippen molar-refractivity contribution in [2.24, 2.45) is 0 Å². The molecule has 0 saturated carbocycles. The maximum absolute atomic E-state index is 12.8. The zero-order chi connectivity index (χ0) is 20.3. The minimum atomic E-state index is -0.314. The number of nitrogens with one attached hydrogen (secondary N) is 1. The molecule has 2 aromatic heterocycles. The number of pyridine rings is 1. The number of hydrogen-bond donors (Lipinski definition) is 1. The van der Waals surface area contributed by atoms with Crippen molar-refractivity contribution in [1.82, 2.24) is 19.7 Å². The van der Waals surface area contributed by atoms with Crippen LogP contribution in [0.1, 0.15) is 21.7 Å². The van der Waals surface area contributed by atoms with Gasteiger partial charge in [-0.2, -0.15) is 5.10 Å². The number of carbonyl (C=O) groups excluding carboxylic acids is 2. The van der Waals surface area contributed by atoms with E-state index in [-0.39, 0.29) is 18.4 Å². The zero-order valence-electron chi connectivity index (χ0n) is 15.8. The third-order valence-corrected chi connectivity index (χ3v) is 4.67. The molecule has 0 unspecified atom stereocenters. The summed E-state index contributed by atoms with van der Waals surface area (Å²) >= 11 is 3.44. The molecular formula is C20H20BrN5O2. The fourth-order valence-corrected chi connectivity index (χ4v) is 3.16. The van der Waals surface area contributed by atoms with Crippen molar-refractivity contribution in [3.05, 3.63) is 70.1 Å². The molecule has 1 aromatic carbocycles. The molecule has 2 heterocycles. The molecule has 0 atom stereocenters. The average molecular weight is 442 g/mol. The van der Waals surface area contributed by atoms with Crippen LogP contribution in [0.2, 0.25) is 0 Å². The van der Waals surface area contributed by atoms with E-state index in [1.54, 1.807) is 17.8 Å². The van der Waals surface area contributed by atoms with Gasteiger partial charge in [0.1, 0.15) is 5.82 Å². The summed E-state index contributed by atoms with van der Waals surface area (Å²) in [5.74, 6) is -0.124. The number of carbonyl (C=O) groups is 2. The molecule has 1 N–H and O–H groups in total. The molecule has 0 radical (unpaired) electrons. The summed E-state index contributed by atoms with van der Waals surface area (Å²) in [6.07, 6.45) is 1.52. The average Bonchev–Trinajstić information content (AvgIpc) is 3.02. The number of amides is 2. The number of nitrogens with zero attached hydrogens (tertiary/aromatic N) is 4. The maximum Gasteiger partial charge on any atom is 0.257 e. The largest absolute Gasteiger partial charge is 0.332 e. The molecule has 0 aliphatic carbocycles. The highest BCUT2D eigenvalue weighted by atomic mass is 79.9. The van der Waals surface area contributed by atoms with Crippen molar-refractivity contribution in [1.29, 1.82) is 0 Å².